The number of aromatic nitrogens is 2. The van der Waals surface area contributed by atoms with Crippen LogP contribution < -0.4 is 4.74 Å². The van der Waals surface area contributed by atoms with Gasteiger partial charge in [-0.3, -0.25) is 0 Å². The van der Waals surface area contributed by atoms with Gasteiger partial charge >= 0.3 is 0 Å². The largest absolute Gasteiger partial charge is 0.457 e. The molecule has 266 valence electrons. The topological polar surface area (TPSA) is 48.2 Å². The van der Waals surface area contributed by atoms with Crippen LogP contribution in [0.25, 0.3) is 78.1 Å². The molecule has 3 heterocycles. The molecule has 0 radical (unpaired) electrons. The average Bonchev–Trinajstić information content (AvgIpc) is 3.79. The quantitative estimate of drug-likeness (QED) is 0.181. The first kappa shape index (κ1) is 31.8. The Hall–Kier alpha value is -7.56. The van der Waals surface area contributed by atoms with Crippen molar-refractivity contribution < 1.29 is 9.15 Å². The molecule has 4 heteroatoms. The number of nitrogens with zero attached hydrogens (tertiary/aromatic N) is 2. The Bertz CT molecular complexity index is 3120. The molecular weight excluding hydrogens is 697 g/mol. The van der Waals surface area contributed by atoms with Crippen LogP contribution in [0, 0.1) is 0 Å². The molecule has 8 aromatic carbocycles. The van der Waals surface area contributed by atoms with E-state index in [1.807, 2.05) is 36.4 Å². The number of hydrogen-bond acceptors (Lipinski definition) is 4. The van der Waals surface area contributed by atoms with E-state index in [4.69, 9.17) is 19.1 Å². The molecule has 10 aromatic rings. The fourth-order valence-electron chi connectivity index (χ4n) is 9.28. The SMILES string of the molecule is c1ccc(-c2cc(-c3cccc(-c4cccc5c4oc4cc6c(cc45)-c4ccccc4C64c5ccccc5Oc5ccccc54)c3)nc(-c3ccccc3)n2)cc1. The third-order valence-electron chi connectivity index (χ3n) is 11.8. The van der Waals surface area contributed by atoms with Gasteiger partial charge in [0, 0.05) is 44.2 Å². The second-order valence-electron chi connectivity index (χ2n) is 14.8. The predicted octanol–water partition coefficient (Wildman–Crippen LogP) is 13.5. The lowest BCUT2D eigenvalue weighted by Gasteiger charge is -2.39. The Morgan fingerprint density at radius 3 is 1.70 bits per heavy atom. The van der Waals surface area contributed by atoms with Crippen LogP contribution in [-0.2, 0) is 5.41 Å². The third kappa shape index (κ3) is 4.68. The summed E-state index contributed by atoms with van der Waals surface area (Å²) in [5.41, 5.74) is 15.2. The van der Waals surface area contributed by atoms with Gasteiger partial charge in [0.05, 0.1) is 16.8 Å². The number of fused-ring (bicyclic) bond motifs is 12. The number of benzene rings is 8. The van der Waals surface area contributed by atoms with Gasteiger partial charge in [0.15, 0.2) is 5.82 Å². The summed E-state index contributed by atoms with van der Waals surface area (Å²) >= 11 is 0. The van der Waals surface area contributed by atoms with Crippen molar-refractivity contribution in [3.63, 3.8) is 0 Å². The Labute approximate surface area is 329 Å². The molecule has 0 atom stereocenters. The van der Waals surface area contributed by atoms with Gasteiger partial charge in [0.1, 0.15) is 22.7 Å². The maximum Gasteiger partial charge on any atom is 0.160 e. The second-order valence-corrected chi connectivity index (χ2v) is 14.8. The summed E-state index contributed by atoms with van der Waals surface area (Å²) in [6, 6.07) is 68.1. The first-order chi connectivity index (χ1) is 28.2. The number of rotatable bonds is 4. The van der Waals surface area contributed by atoms with E-state index in [2.05, 4.69) is 158 Å². The van der Waals surface area contributed by atoms with E-state index in [9.17, 15) is 0 Å². The van der Waals surface area contributed by atoms with Gasteiger partial charge in [-0.1, -0.05) is 158 Å². The number of furan rings is 1. The molecule has 0 unspecified atom stereocenters. The molecular formula is C53H32N2O2. The molecule has 4 nitrogen and oxygen atoms in total. The van der Waals surface area contributed by atoms with Gasteiger partial charge in [-0.05, 0) is 64.2 Å². The van der Waals surface area contributed by atoms with Crippen LogP contribution in [0.5, 0.6) is 11.5 Å². The van der Waals surface area contributed by atoms with Crippen LogP contribution in [0.1, 0.15) is 22.3 Å². The number of para-hydroxylation sites is 3. The van der Waals surface area contributed by atoms with Crippen molar-refractivity contribution in [1.29, 1.82) is 0 Å². The first-order valence-corrected chi connectivity index (χ1v) is 19.3. The van der Waals surface area contributed by atoms with Crippen molar-refractivity contribution in [1.82, 2.24) is 9.97 Å². The molecule has 1 aliphatic carbocycles. The molecule has 0 amide bonds. The van der Waals surface area contributed by atoms with E-state index < -0.39 is 5.41 Å². The molecule has 0 N–H and O–H groups in total. The van der Waals surface area contributed by atoms with Crippen LogP contribution in [0.15, 0.2) is 199 Å². The van der Waals surface area contributed by atoms with Crippen LogP contribution in [0.4, 0.5) is 0 Å². The van der Waals surface area contributed by atoms with Gasteiger partial charge in [-0.25, -0.2) is 9.97 Å². The van der Waals surface area contributed by atoms with Crippen molar-refractivity contribution >= 4 is 21.9 Å². The highest BCUT2D eigenvalue weighted by Crippen LogP contribution is 2.62. The highest BCUT2D eigenvalue weighted by molar-refractivity contribution is 6.12. The van der Waals surface area contributed by atoms with Crippen LogP contribution in [-0.4, -0.2) is 9.97 Å². The molecule has 0 saturated heterocycles. The molecule has 12 rings (SSSR count). The van der Waals surface area contributed by atoms with E-state index in [0.717, 1.165) is 83.8 Å². The van der Waals surface area contributed by atoms with E-state index in [1.54, 1.807) is 0 Å². The lowest BCUT2D eigenvalue weighted by Crippen LogP contribution is -2.32. The standard InChI is InChI=1S/C53H32N2O2/c1-3-15-33(16-4-1)46-32-47(55-52(54-46)34-17-5-2-6-18-34)36-20-13-19-35(29-36)37-22-14-23-39-41-30-40-38-21-7-8-24-42(38)53(45(40)31-50(41)57-51(37)39)43-25-9-11-27-48(43)56-49-28-12-10-26-44(49)53/h1-32H. The van der Waals surface area contributed by atoms with Crippen LogP contribution in [0.3, 0.4) is 0 Å². The molecule has 1 spiro atoms. The minimum Gasteiger partial charge on any atom is -0.457 e. The highest BCUT2D eigenvalue weighted by Gasteiger charge is 2.51. The van der Waals surface area contributed by atoms with E-state index in [-0.39, 0.29) is 0 Å². The van der Waals surface area contributed by atoms with E-state index in [1.165, 1.54) is 22.3 Å². The normalized spacial score (nSPS) is 13.2. The van der Waals surface area contributed by atoms with Crippen molar-refractivity contribution in [2.45, 2.75) is 5.41 Å². The van der Waals surface area contributed by atoms with Gasteiger partial charge in [-0.2, -0.15) is 0 Å². The Morgan fingerprint density at radius 1 is 0.368 bits per heavy atom. The van der Waals surface area contributed by atoms with Gasteiger partial charge < -0.3 is 9.15 Å². The molecule has 2 aliphatic rings. The van der Waals surface area contributed by atoms with Crippen molar-refractivity contribution in [3.05, 3.63) is 216 Å². The molecule has 1 aliphatic heterocycles. The lowest BCUT2D eigenvalue weighted by atomic mass is 9.66. The van der Waals surface area contributed by atoms with E-state index in [0.29, 0.717) is 5.82 Å². The van der Waals surface area contributed by atoms with Gasteiger partial charge in [0.2, 0.25) is 0 Å². The zero-order valence-electron chi connectivity index (χ0n) is 30.7. The summed E-state index contributed by atoms with van der Waals surface area (Å²) < 4.78 is 13.6. The van der Waals surface area contributed by atoms with Crippen LogP contribution >= 0.6 is 0 Å². The Kier molecular flexibility index (Phi) is 6.81. The average molecular weight is 729 g/mol. The zero-order chi connectivity index (χ0) is 37.5. The zero-order valence-corrected chi connectivity index (χ0v) is 30.7. The number of ether oxygens (including phenoxy) is 1. The fraction of sp³-hybridized carbons (Fsp3) is 0.0189. The molecule has 2 aromatic heterocycles. The van der Waals surface area contributed by atoms with Crippen molar-refractivity contribution in [2.24, 2.45) is 0 Å². The molecule has 0 bridgehead atoms. The van der Waals surface area contributed by atoms with E-state index >= 15 is 0 Å². The summed E-state index contributed by atoms with van der Waals surface area (Å²) in [6.45, 7) is 0. The van der Waals surface area contributed by atoms with Crippen molar-refractivity contribution in [3.8, 4) is 67.7 Å². The molecule has 57 heavy (non-hydrogen) atoms. The third-order valence-corrected chi connectivity index (χ3v) is 11.8. The van der Waals surface area contributed by atoms with Gasteiger partial charge in [-0.15, -0.1) is 0 Å². The first-order valence-electron chi connectivity index (χ1n) is 19.3. The smallest absolute Gasteiger partial charge is 0.160 e. The Balaban J connectivity index is 1.05. The number of hydrogen-bond donors (Lipinski definition) is 0. The monoisotopic (exact) mass is 728 g/mol. The predicted molar refractivity (Wildman–Crippen MR) is 228 cm³/mol. The maximum atomic E-state index is 7.01. The summed E-state index contributed by atoms with van der Waals surface area (Å²) in [7, 11) is 0. The van der Waals surface area contributed by atoms with Gasteiger partial charge in [0.25, 0.3) is 0 Å². The minimum absolute atomic E-state index is 0.559. The van der Waals surface area contributed by atoms with Crippen molar-refractivity contribution in [2.75, 3.05) is 0 Å². The summed E-state index contributed by atoms with van der Waals surface area (Å²) in [5.74, 6) is 2.45. The highest BCUT2D eigenvalue weighted by atomic mass is 16.5. The summed E-state index contributed by atoms with van der Waals surface area (Å²) in [5, 5.41) is 2.18. The molecule has 0 fully saturated rings. The minimum atomic E-state index is -0.559. The second kappa shape index (κ2) is 12.2. The van der Waals surface area contributed by atoms with Crippen LogP contribution in [0.2, 0.25) is 0 Å². The maximum absolute atomic E-state index is 7.01. The summed E-state index contributed by atoms with van der Waals surface area (Å²) in [4.78, 5) is 10.1. The lowest BCUT2D eigenvalue weighted by molar-refractivity contribution is 0.436. The molecule has 0 saturated carbocycles. The fourth-order valence-corrected chi connectivity index (χ4v) is 9.28. The summed E-state index contributed by atoms with van der Waals surface area (Å²) in [6.07, 6.45) is 0. The Morgan fingerprint density at radius 2 is 0.947 bits per heavy atom.